The van der Waals surface area contributed by atoms with Crippen molar-refractivity contribution in [2.45, 2.75) is 58.7 Å². The van der Waals surface area contributed by atoms with Crippen molar-refractivity contribution in [2.75, 3.05) is 11.9 Å². The summed E-state index contributed by atoms with van der Waals surface area (Å²) in [6.07, 6.45) is -0.799. The molecule has 0 bridgehead atoms. The van der Waals surface area contributed by atoms with Crippen molar-refractivity contribution in [3.63, 3.8) is 0 Å². The van der Waals surface area contributed by atoms with Crippen molar-refractivity contribution in [3.8, 4) is 11.8 Å². The van der Waals surface area contributed by atoms with Crippen molar-refractivity contribution < 1.29 is 24.2 Å². The zero-order valence-corrected chi connectivity index (χ0v) is 26.1. The lowest BCUT2D eigenvalue weighted by atomic mass is 9.94. The van der Waals surface area contributed by atoms with Gasteiger partial charge in [0.15, 0.2) is 0 Å². The molecule has 232 valence electrons. The van der Waals surface area contributed by atoms with Crippen molar-refractivity contribution in [2.24, 2.45) is 0 Å². The maximum absolute atomic E-state index is 14.4. The van der Waals surface area contributed by atoms with E-state index in [0.717, 1.165) is 21.9 Å². The average Bonchev–Trinajstić information content (AvgIpc) is 2.98. The highest BCUT2D eigenvalue weighted by molar-refractivity contribution is 6.00. The number of rotatable bonds is 9. The molecule has 0 radical (unpaired) electrons. The summed E-state index contributed by atoms with van der Waals surface area (Å²) in [5.41, 5.74) is 2.60. The van der Waals surface area contributed by atoms with Gasteiger partial charge in [-0.15, -0.1) is 0 Å². The first kappa shape index (κ1) is 32.6. The van der Waals surface area contributed by atoms with Gasteiger partial charge in [-0.2, -0.15) is 5.26 Å². The van der Waals surface area contributed by atoms with Crippen molar-refractivity contribution in [1.29, 1.82) is 5.26 Å². The van der Waals surface area contributed by atoms with E-state index in [0.29, 0.717) is 16.8 Å². The Kier molecular flexibility index (Phi) is 10.1. The second-order valence-electron chi connectivity index (χ2n) is 11.9. The first-order valence-electron chi connectivity index (χ1n) is 14.7. The molecule has 9 heteroatoms. The van der Waals surface area contributed by atoms with Gasteiger partial charge >= 0.3 is 6.09 Å². The van der Waals surface area contributed by atoms with E-state index < -0.39 is 42.1 Å². The minimum absolute atomic E-state index is 0.0199. The van der Waals surface area contributed by atoms with E-state index in [1.54, 1.807) is 51.1 Å². The first-order valence-corrected chi connectivity index (χ1v) is 14.7. The highest BCUT2D eigenvalue weighted by atomic mass is 16.6. The Morgan fingerprint density at radius 2 is 1.62 bits per heavy atom. The van der Waals surface area contributed by atoms with Crippen LogP contribution < -0.4 is 10.6 Å². The summed E-state index contributed by atoms with van der Waals surface area (Å²) in [6, 6.07) is 24.6. The fourth-order valence-corrected chi connectivity index (χ4v) is 5.09. The van der Waals surface area contributed by atoms with E-state index >= 15 is 0 Å². The van der Waals surface area contributed by atoms with Gasteiger partial charge in [0, 0.05) is 12.1 Å². The maximum atomic E-state index is 14.4. The van der Waals surface area contributed by atoms with Crippen LogP contribution in [0.3, 0.4) is 0 Å². The minimum atomic E-state index is -1.20. The molecule has 0 saturated carbocycles. The molecule has 0 aliphatic rings. The van der Waals surface area contributed by atoms with Crippen LogP contribution >= 0.6 is 0 Å². The van der Waals surface area contributed by atoms with Gasteiger partial charge in [0.05, 0.1) is 6.07 Å². The highest BCUT2D eigenvalue weighted by Crippen LogP contribution is 2.29. The van der Waals surface area contributed by atoms with E-state index in [2.05, 4.69) is 10.6 Å². The predicted molar refractivity (Wildman–Crippen MR) is 174 cm³/mol. The van der Waals surface area contributed by atoms with E-state index in [1.165, 1.54) is 17.0 Å². The molecule has 0 saturated heterocycles. The van der Waals surface area contributed by atoms with E-state index in [4.69, 9.17) is 4.74 Å². The molecule has 0 aliphatic carbocycles. The number of aromatic hydroxyl groups is 1. The van der Waals surface area contributed by atoms with Crippen LogP contribution in [0, 0.1) is 25.2 Å². The topological polar surface area (TPSA) is 132 Å². The van der Waals surface area contributed by atoms with Crippen LogP contribution in [-0.2, 0) is 20.7 Å². The zero-order chi connectivity index (χ0) is 32.7. The monoisotopic (exact) mass is 606 g/mol. The van der Waals surface area contributed by atoms with Crippen LogP contribution in [0.2, 0.25) is 0 Å². The number of carbonyl (C=O) groups is 3. The molecule has 0 heterocycles. The number of hydrogen-bond acceptors (Lipinski definition) is 6. The number of alkyl carbamates (subject to hydrolysis) is 1. The molecule has 3 amide bonds. The Hall–Kier alpha value is -5.36. The molecule has 2 atom stereocenters. The van der Waals surface area contributed by atoms with Crippen LogP contribution in [0.1, 0.15) is 49.1 Å². The number of phenols is 1. The van der Waals surface area contributed by atoms with Gasteiger partial charge < -0.3 is 25.4 Å². The Morgan fingerprint density at radius 1 is 0.933 bits per heavy atom. The summed E-state index contributed by atoms with van der Waals surface area (Å²) >= 11 is 0. The number of hydrogen-bond donors (Lipinski definition) is 3. The number of ether oxygens (including phenoxy) is 1. The van der Waals surface area contributed by atoms with Gasteiger partial charge in [-0.25, -0.2) is 4.79 Å². The van der Waals surface area contributed by atoms with E-state index in [-0.39, 0.29) is 12.2 Å². The molecule has 0 aliphatic heterocycles. The number of phenolic OH excluding ortho intramolecular Hbond substituents is 1. The quantitative estimate of drug-likeness (QED) is 0.191. The summed E-state index contributed by atoms with van der Waals surface area (Å²) in [4.78, 5) is 42.8. The third-order valence-electron chi connectivity index (χ3n) is 7.41. The molecule has 0 fully saturated rings. The summed E-state index contributed by atoms with van der Waals surface area (Å²) in [5, 5.41) is 27.2. The number of nitrogens with zero attached hydrogens (tertiary/aromatic N) is 2. The molecule has 0 spiro atoms. The Balaban J connectivity index is 1.76. The van der Waals surface area contributed by atoms with Gasteiger partial charge in [-0.05, 0) is 91.9 Å². The van der Waals surface area contributed by atoms with Crippen molar-refractivity contribution >= 4 is 34.4 Å². The molecule has 9 nitrogen and oxygen atoms in total. The fourth-order valence-electron chi connectivity index (χ4n) is 5.09. The fraction of sp³-hybridized carbons (Fsp3) is 0.278. The lowest BCUT2D eigenvalue weighted by molar-refractivity contribution is -0.140. The van der Waals surface area contributed by atoms with Gasteiger partial charge in [-0.3, -0.25) is 9.59 Å². The second kappa shape index (κ2) is 14.0. The largest absolute Gasteiger partial charge is 0.508 e. The lowest BCUT2D eigenvalue weighted by Crippen LogP contribution is -2.53. The summed E-state index contributed by atoms with van der Waals surface area (Å²) in [5.74, 6) is -1.11. The van der Waals surface area contributed by atoms with Crippen LogP contribution in [0.5, 0.6) is 5.75 Å². The van der Waals surface area contributed by atoms with Crippen LogP contribution in [0.4, 0.5) is 10.5 Å². The van der Waals surface area contributed by atoms with Gasteiger partial charge in [0.25, 0.3) is 5.91 Å². The molecule has 4 aromatic carbocycles. The summed E-state index contributed by atoms with van der Waals surface area (Å²) in [7, 11) is 0. The third-order valence-corrected chi connectivity index (χ3v) is 7.41. The van der Waals surface area contributed by atoms with E-state index in [9.17, 15) is 24.8 Å². The number of carbonyl (C=O) groups excluding carboxylic acids is 3. The maximum Gasteiger partial charge on any atom is 0.408 e. The number of anilines is 1. The van der Waals surface area contributed by atoms with Crippen LogP contribution in [0.15, 0.2) is 84.9 Å². The predicted octanol–water partition coefficient (Wildman–Crippen LogP) is 6.33. The standard InChI is InChI=1S/C36H38N4O5/c1-23-9-8-12-30(24(23)2)32(33(42)38-28-16-15-26-10-6-7-11-27(26)22-28)40(20-19-37)34(43)31(39-35(44)45-36(3,4)5)21-25-13-17-29(41)18-14-25/h6-18,22,31-32,41H,20-21H2,1-5H3,(H,38,42)(H,39,44). The highest BCUT2D eigenvalue weighted by Gasteiger charge is 2.37. The zero-order valence-electron chi connectivity index (χ0n) is 26.1. The SMILES string of the molecule is Cc1cccc(C(C(=O)Nc2ccc3ccccc3c2)N(CC#N)C(=O)C(Cc2ccc(O)cc2)NC(=O)OC(C)(C)C)c1C. The number of aryl methyl sites for hydroxylation is 1. The average molecular weight is 607 g/mol. The van der Waals surface area contributed by atoms with Gasteiger partial charge in [-0.1, -0.05) is 60.7 Å². The van der Waals surface area contributed by atoms with Gasteiger partial charge in [0.2, 0.25) is 5.91 Å². The molecular formula is C36H38N4O5. The Labute approximate surface area is 263 Å². The first-order chi connectivity index (χ1) is 21.4. The second-order valence-corrected chi connectivity index (χ2v) is 11.9. The lowest BCUT2D eigenvalue weighted by Gasteiger charge is -2.34. The van der Waals surface area contributed by atoms with E-state index in [1.807, 2.05) is 62.4 Å². The van der Waals surface area contributed by atoms with Crippen molar-refractivity contribution in [3.05, 3.63) is 107 Å². The number of benzene rings is 4. The normalized spacial score (nSPS) is 12.4. The van der Waals surface area contributed by atoms with Crippen LogP contribution in [-0.4, -0.2) is 46.1 Å². The minimum Gasteiger partial charge on any atom is -0.508 e. The number of amides is 3. The number of nitrogens with one attached hydrogen (secondary N) is 2. The van der Waals surface area contributed by atoms with Crippen LogP contribution in [0.25, 0.3) is 10.8 Å². The molecule has 4 rings (SSSR count). The molecule has 0 aromatic heterocycles. The molecule has 45 heavy (non-hydrogen) atoms. The molecule has 3 N–H and O–H groups in total. The third kappa shape index (κ3) is 8.39. The smallest absolute Gasteiger partial charge is 0.408 e. The summed E-state index contributed by atoms with van der Waals surface area (Å²) < 4.78 is 5.45. The molecule has 2 unspecified atom stereocenters. The number of nitriles is 1. The molecular weight excluding hydrogens is 568 g/mol. The van der Waals surface area contributed by atoms with Gasteiger partial charge in [0.1, 0.15) is 30.0 Å². The summed E-state index contributed by atoms with van der Waals surface area (Å²) in [6.45, 7) is 8.47. The Bertz CT molecular complexity index is 1740. The van der Waals surface area contributed by atoms with Crippen molar-refractivity contribution in [1.82, 2.24) is 10.2 Å². The number of fused-ring (bicyclic) bond motifs is 1. The Morgan fingerprint density at radius 3 is 2.29 bits per heavy atom. The molecule has 4 aromatic rings.